The molecule has 1 aliphatic rings. The summed E-state index contributed by atoms with van der Waals surface area (Å²) in [6, 6.07) is 5.73. The van der Waals surface area contributed by atoms with Gasteiger partial charge in [0.05, 0.1) is 19.1 Å². The first-order valence-electron chi connectivity index (χ1n) is 12.2. The van der Waals surface area contributed by atoms with Crippen molar-refractivity contribution in [2.24, 2.45) is 22.4 Å². The number of rotatable bonds is 11. The molecule has 0 spiro atoms. The molecule has 1 fully saturated rings. The molecule has 13 heteroatoms. The third-order valence-corrected chi connectivity index (χ3v) is 8.05. The first-order valence-corrected chi connectivity index (χ1v) is 13.7. The predicted molar refractivity (Wildman–Crippen MR) is 143 cm³/mol. The molecule has 208 valence electrons. The van der Waals surface area contributed by atoms with Gasteiger partial charge in [0.15, 0.2) is 5.96 Å². The molecule has 3 rings (SSSR count). The highest BCUT2D eigenvalue weighted by atomic mass is 32.2. The van der Waals surface area contributed by atoms with Gasteiger partial charge in [-0.3, -0.25) is 9.79 Å². The lowest BCUT2D eigenvalue weighted by Crippen LogP contribution is -2.56. The van der Waals surface area contributed by atoms with E-state index in [4.69, 9.17) is 20.9 Å². The largest absolute Gasteiger partial charge is 0.497 e. The number of aliphatic carboxylic acids is 1. The Morgan fingerprint density at radius 2 is 1.95 bits per heavy atom. The Bertz CT molecular complexity index is 1310. The van der Waals surface area contributed by atoms with E-state index in [2.05, 4.69) is 9.71 Å². The highest BCUT2D eigenvalue weighted by molar-refractivity contribution is 7.89. The number of aliphatic imine (C=N–C) groups is 1. The molecule has 1 saturated heterocycles. The van der Waals surface area contributed by atoms with Crippen LogP contribution in [0.3, 0.4) is 0 Å². The van der Waals surface area contributed by atoms with Gasteiger partial charge in [-0.15, -0.1) is 0 Å². The van der Waals surface area contributed by atoms with Gasteiger partial charge in [-0.25, -0.2) is 13.2 Å². The van der Waals surface area contributed by atoms with Gasteiger partial charge in [0, 0.05) is 24.5 Å². The summed E-state index contributed by atoms with van der Waals surface area (Å²) in [5.74, 6) is -0.824. The molecule has 38 heavy (non-hydrogen) atoms. The first-order chi connectivity index (χ1) is 18.0. The minimum atomic E-state index is -4.23. The van der Waals surface area contributed by atoms with Gasteiger partial charge in [0.1, 0.15) is 23.6 Å². The van der Waals surface area contributed by atoms with Gasteiger partial charge in [0.25, 0.3) is 0 Å². The number of hydrogen-bond donors (Lipinski definition) is 4. The molecular weight excluding hydrogens is 514 g/mol. The number of fused-ring (bicyclic) bond motifs is 1. The molecule has 3 atom stereocenters. The number of likely N-dealkylation sites (tertiary alicyclic amines) is 1. The second-order valence-electron chi connectivity index (χ2n) is 9.35. The van der Waals surface area contributed by atoms with Gasteiger partial charge >= 0.3 is 5.97 Å². The van der Waals surface area contributed by atoms with E-state index in [1.807, 2.05) is 6.92 Å². The molecule has 12 nitrogen and oxygen atoms in total. The van der Waals surface area contributed by atoms with Crippen LogP contribution in [0.15, 0.2) is 40.2 Å². The van der Waals surface area contributed by atoms with E-state index in [1.165, 1.54) is 31.3 Å². The number of hydrogen-bond acceptors (Lipinski definition) is 7. The number of nitrogens with zero attached hydrogens (tertiary/aromatic N) is 2. The van der Waals surface area contributed by atoms with Crippen LogP contribution < -0.4 is 25.7 Å². The number of piperidine rings is 1. The average Bonchev–Trinajstić information content (AvgIpc) is 2.88. The lowest BCUT2D eigenvalue weighted by atomic mass is 9.91. The average molecular weight is 550 g/mol. The molecule has 1 aliphatic heterocycles. The number of carbonyl (C=O) groups excluding carboxylic acids is 1. The highest BCUT2D eigenvalue weighted by Crippen LogP contribution is 2.32. The fraction of sp³-hybridized carbons (Fsp3) is 0.480. The maximum Gasteiger partial charge on any atom is 0.326 e. The summed E-state index contributed by atoms with van der Waals surface area (Å²) in [5, 5.41) is 11.0. The Morgan fingerprint density at radius 3 is 2.58 bits per heavy atom. The second kappa shape index (κ2) is 12.3. The molecule has 1 heterocycles. The Hall–Kier alpha value is -3.58. The number of carboxylic acid groups (broad SMARTS) is 1. The predicted octanol–water partition coefficient (Wildman–Crippen LogP) is 1.27. The van der Waals surface area contributed by atoms with Crippen LogP contribution in [0, 0.1) is 5.92 Å². The second-order valence-corrected chi connectivity index (χ2v) is 11.1. The van der Waals surface area contributed by atoms with E-state index < -0.39 is 34.0 Å². The van der Waals surface area contributed by atoms with Crippen LogP contribution in [-0.4, -0.2) is 75.7 Å². The lowest BCUT2D eigenvalue weighted by molar-refractivity contribution is -0.153. The molecule has 1 amide bonds. The molecule has 0 saturated carbocycles. The summed E-state index contributed by atoms with van der Waals surface area (Å²) >= 11 is 0. The van der Waals surface area contributed by atoms with Gasteiger partial charge in [0.2, 0.25) is 15.9 Å². The van der Waals surface area contributed by atoms with E-state index >= 15 is 0 Å². The molecule has 2 aromatic carbocycles. The van der Waals surface area contributed by atoms with Crippen molar-refractivity contribution in [3.8, 4) is 11.5 Å². The first kappa shape index (κ1) is 29.0. The van der Waals surface area contributed by atoms with Crippen molar-refractivity contribution in [1.29, 1.82) is 0 Å². The summed E-state index contributed by atoms with van der Waals surface area (Å²) < 4.78 is 40.2. The van der Waals surface area contributed by atoms with E-state index in [-0.39, 0.29) is 36.3 Å². The van der Waals surface area contributed by atoms with Crippen molar-refractivity contribution in [2.75, 3.05) is 27.3 Å². The van der Waals surface area contributed by atoms with Gasteiger partial charge < -0.3 is 30.9 Å². The van der Waals surface area contributed by atoms with Crippen LogP contribution in [0.4, 0.5) is 0 Å². The molecule has 0 aromatic heterocycles. The Labute approximate surface area is 222 Å². The van der Waals surface area contributed by atoms with E-state index in [0.29, 0.717) is 41.5 Å². The maximum atomic E-state index is 13.6. The minimum absolute atomic E-state index is 0.0646. The van der Waals surface area contributed by atoms with Crippen LogP contribution in [0.5, 0.6) is 11.5 Å². The molecular formula is C25H35N5O7S. The number of carboxylic acids is 1. The third-order valence-electron chi connectivity index (χ3n) is 6.60. The minimum Gasteiger partial charge on any atom is -0.497 e. The Balaban J connectivity index is 1.95. The zero-order valence-electron chi connectivity index (χ0n) is 21.7. The number of methoxy groups -OCH3 is 2. The van der Waals surface area contributed by atoms with Crippen LogP contribution in [0.1, 0.15) is 32.6 Å². The van der Waals surface area contributed by atoms with Crippen molar-refractivity contribution in [3.05, 3.63) is 30.3 Å². The number of nitrogens with one attached hydrogen (secondary N) is 1. The monoisotopic (exact) mass is 549 g/mol. The molecule has 0 bridgehead atoms. The van der Waals surface area contributed by atoms with Gasteiger partial charge in [-0.1, -0.05) is 13.0 Å². The van der Waals surface area contributed by atoms with Crippen LogP contribution >= 0.6 is 0 Å². The highest BCUT2D eigenvalue weighted by Gasteiger charge is 2.38. The number of carbonyl (C=O) groups is 2. The van der Waals surface area contributed by atoms with E-state index in [1.54, 1.807) is 18.2 Å². The van der Waals surface area contributed by atoms with Crippen molar-refractivity contribution >= 4 is 38.6 Å². The number of sulfonamides is 1. The topological polar surface area (TPSA) is 187 Å². The van der Waals surface area contributed by atoms with E-state index in [0.717, 1.165) is 0 Å². The number of nitrogens with two attached hydrogens (primary N) is 2. The van der Waals surface area contributed by atoms with Crippen molar-refractivity contribution in [2.45, 2.75) is 49.6 Å². The van der Waals surface area contributed by atoms with Crippen LogP contribution in [-0.2, 0) is 19.6 Å². The summed E-state index contributed by atoms with van der Waals surface area (Å²) in [5.41, 5.74) is 10.8. The standard InChI is InChI=1S/C25H35N5O7S/c1-15-8-10-30(21(11-15)24(32)33)23(31)20(5-4-9-28-25(26)27)29-38(34,35)18-12-16-6-7-17(36-2)13-19(16)22(14-18)37-3/h6-7,12-15,20-21,29H,4-5,8-11H2,1-3H3,(H,32,33)(H4,26,27,28)/t15?,20-,21?/m0/s1. The molecule has 0 aliphatic carbocycles. The SMILES string of the molecule is COc1ccc2cc(S(=O)(=O)N[C@@H](CCCN=C(N)N)C(=O)N3CCC(C)CC3C(=O)O)cc(OC)c2c1. The van der Waals surface area contributed by atoms with Gasteiger partial charge in [-0.05, 0) is 55.2 Å². The number of benzene rings is 2. The molecule has 6 N–H and O–H groups in total. The Morgan fingerprint density at radius 1 is 1.21 bits per heavy atom. The number of guanidine groups is 1. The Kier molecular flexibility index (Phi) is 9.39. The van der Waals surface area contributed by atoms with Gasteiger partial charge in [-0.2, -0.15) is 4.72 Å². The molecule has 2 unspecified atom stereocenters. The summed E-state index contributed by atoms with van der Waals surface area (Å²) in [6.45, 7) is 2.32. The fourth-order valence-corrected chi connectivity index (χ4v) is 5.83. The van der Waals surface area contributed by atoms with Crippen molar-refractivity contribution in [3.63, 3.8) is 0 Å². The molecule has 0 radical (unpaired) electrons. The quantitative estimate of drug-likeness (QED) is 0.182. The van der Waals surface area contributed by atoms with Crippen LogP contribution in [0.25, 0.3) is 10.8 Å². The fourth-order valence-electron chi connectivity index (χ4n) is 4.56. The third kappa shape index (κ3) is 6.84. The number of amides is 1. The number of ether oxygens (including phenoxy) is 2. The lowest BCUT2D eigenvalue weighted by Gasteiger charge is -2.38. The summed E-state index contributed by atoms with van der Waals surface area (Å²) in [7, 11) is -1.27. The summed E-state index contributed by atoms with van der Waals surface area (Å²) in [6.07, 6.45) is 1.27. The van der Waals surface area contributed by atoms with Crippen molar-refractivity contribution < 1.29 is 32.6 Å². The smallest absolute Gasteiger partial charge is 0.326 e. The maximum absolute atomic E-state index is 13.6. The van der Waals surface area contributed by atoms with Crippen LogP contribution in [0.2, 0.25) is 0 Å². The zero-order valence-corrected chi connectivity index (χ0v) is 22.5. The van der Waals surface area contributed by atoms with E-state index in [9.17, 15) is 23.1 Å². The zero-order chi connectivity index (χ0) is 28.0. The molecule has 2 aromatic rings. The van der Waals surface area contributed by atoms with Crippen molar-refractivity contribution in [1.82, 2.24) is 9.62 Å². The summed E-state index contributed by atoms with van der Waals surface area (Å²) in [4.78, 5) is 30.5. The normalized spacial score (nSPS) is 18.6.